The number of amides is 1. The van der Waals surface area contributed by atoms with Crippen LogP contribution in [0.2, 0.25) is 0 Å². The summed E-state index contributed by atoms with van der Waals surface area (Å²) in [5.74, 6) is 5.42. The van der Waals surface area contributed by atoms with Gasteiger partial charge in [0.25, 0.3) is 5.91 Å². The molecule has 0 atom stereocenters. The number of para-hydroxylation sites is 1. The molecule has 4 N–H and O–H groups in total. The Morgan fingerprint density at radius 3 is 2.29 bits per heavy atom. The molecule has 0 aliphatic heterocycles. The van der Waals surface area contributed by atoms with Crippen molar-refractivity contribution in [3.05, 3.63) is 29.8 Å². The van der Waals surface area contributed by atoms with E-state index >= 15 is 0 Å². The predicted molar refractivity (Wildman–Crippen MR) is 86.9 cm³/mol. The zero-order chi connectivity index (χ0) is 15.7. The van der Waals surface area contributed by atoms with Gasteiger partial charge >= 0.3 is 0 Å². The van der Waals surface area contributed by atoms with Crippen LogP contribution < -0.4 is 16.6 Å². The molecule has 1 fully saturated rings. The maximum Gasteiger partial charge on any atom is 0.253 e. The van der Waals surface area contributed by atoms with Crippen LogP contribution in [-0.2, 0) is 0 Å². The van der Waals surface area contributed by atoms with Crippen LogP contribution >= 0.6 is 0 Å². The topological polar surface area (TPSA) is 67.2 Å². The van der Waals surface area contributed by atoms with Gasteiger partial charge in [0.05, 0.1) is 11.3 Å². The second kappa shape index (κ2) is 5.68. The molecule has 0 radical (unpaired) electrons. The van der Waals surface area contributed by atoms with Crippen LogP contribution in [0.4, 0.5) is 5.69 Å². The van der Waals surface area contributed by atoms with E-state index in [0.29, 0.717) is 11.3 Å². The Balaban J connectivity index is 2.12. The molecule has 0 saturated heterocycles. The zero-order valence-corrected chi connectivity index (χ0v) is 13.5. The molecule has 0 spiro atoms. The van der Waals surface area contributed by atoms with Crippen LogP contribution in [0.25, 0.3) is 0 Å². The fourth-order valence-electron chi connectivity index (χ4n) is 4.02. The highest BCUT2D eigenvalue weighted by atomic mass is 16.1. The van der Waals surface area contributed by atoms with Crippen LogP contribution in [0, 0.1) is 10.8 Å². The molecule has 1 aromatic carbocycles. The minimum Gasteiger partial charge on any atom is -0.349 e. The summed E-state index contributed by atoms with van der Waals surface area (Å²) in [6.07, 6.45) is 3.22. The Morgan fingerprint density at radius 1 is 1.14 bits per heavy atom. The van der Waals surface area contributed by atoms with Crippen LogP contribution in [0.3, 0.4) is 0 Å². The minimum absolute atomic E-state index is 0.0537. The normalized spacial score (nSPS) is 20.8. The Kier molecular flexibility index (Phi) is 4.28. The zero-order valence-electron chi connectivity index (χ0n) is 13.5. The minimum atomic E-state index is -0.0537. The molecule has 0 unspecified atom stereocenters. The molecule has 1 saturated carbocycles. The standard InChI is InChI=1S/C17H27N3O/c1-16(2)9-12(10-17(3,4)11-16)19-15(21)13-7-5-6-8-14(13)20-18/h5-8,12,20H,9-11,18H2,1-4H3,(H,19,21). The first kappa shape index (κ1) is 15.8. The molecule has 2 rings (SSSR count). The van der Waals surface area contributed by atoms with Gasteiger partial charge in [-0.05, 0) is 42.2 Å². The van der Waals surface area contributed by atoms with Crippen molar-refractivity contribution < 1.29 is 4.79 Å². The average Bonchev–Trinajstić information content (AvgIpc) is 2.34. The van der Waals surface area contributed by atoms with Crippen LogP contribution in [0.5, 0.6) is 0 Å². The quantitative estimate of drug-likeness (QED) is 0.591. The molecule has 116 valence electrons. The third kappa shape index (κ3) is 3.97. The van der Waals surface area contributed by atoms with Crippen molar-refractivity contribution in [2.45, 2.75) is 53.0 Å². The summed E-state index contributed by atoms with van der Waals surface area (Å²) in [5, 5.41) is 3.19. The number of benzene rings is 1. The maximum absolute atomic E-state index is 12.5. The fraction of sp³-hybridized carbons (Fsp3) is 0.588. The van der Waals surface area contributed by atoms with Crippen molar-refractivity contribution in [2.24, 2.45) is 16.7 Å². The molecule has 1 aliphatic rings. The predicted octanol–water partition coefficient (Wildman–Crippen LogP) is 3.31. The number of hydrogen-bond donors (Lipinski definition) is 3. The molecular weight excluding hydrogens is 262 g/mol. The van der Waals surface area contributed by atoms with Crippen molar-refractivity contribution in [2.75, 3.05) is 5.43 Å². The van der Waals surface area contributed by atoms with Crippen molar-refractivity contribution in [1.29, 1.82) is 0 Å². The van der Waals surface area contributed by atoms with E-state index < -0.39 is 0 Å². The monoisotopic (exact) mass is 289 g/mol. The van der Waals surface area contributed by atoms with Crippen molar-refractivity contribution in [3.8, 4) is 0 Å². The molecule has 4 heteroatoms. The summed E-state index contributed by atoms with van der Waals surface area (Å²) in [6, 6.07) is 7.53. The SMILES string of the molecule is CC1(C)CC(NC(=O)c2ccccc2NN)CC(C)(C)C1. The Morgan fingerprint density at radius 2 is 1.71 bits per heavy atom. The van der Waals surface area contributed by atoms with E-state index in [2.05, 4.69) is 38.4 Å². The summed E-state index contributed by atoms with van der Waals surface area (Å²) in [5.41, 5.74) is 4.35. The molecule has 1 amide bonds. The molecule has 0 bridgehead atoms. The highest BCUT2D eigenvalue weighted by molar-refractivity contribution is 5.99. The van der Waals surface area contributed by atoms with E-state index in [1.165, 1.54) is 6.42 Å². The van der Waals surface area contributed by atoms with Gasteiger partial charge in [0.2, 0.25) is 0 Å². The van der Waals surface area contributed by atoms with E-state index in [0.717, 1.165) is 12.8 Å². The second-order valence-corrected chi connectivity index (χ2v) is 7.77. The highest BCUT2D eigenvalue weighted by Gasteiger charge is 2.39. The van der Waals surface area contributed by atoms with Gasteiger partial charge in [0.1, 0.15) is 0 Å². The number of hydrogen-bond acceptors (Lipinski definition) is 3. The molecule has 1 aliphatic carbocycles. The number of rotatable bonds is 3. The first-order valence-corrected chi connectivity index (χ1v) is 7.59. The van der Waals surface area contributed by atoms with Gasteiger partial charge in [-0.25, -0.2) is 0 Å². The highest BCUT2D eigenvalue weighted by Crippen LogP contribution is 2.45. The molecule has 0 heterocycles. The first-order chi connectivity index (χ1) is 9.72. The summed E-state index contributed by atoms with van der Waals surface area (Å²) in [4.78, 5) is 12.5. The lowest BCUT2D eigenvalue weighted by Gasteiger charge is -2.45. The smallest absolute Gasteiger partial charge is 0.253 e. The van der Waals surface area contributed by atoms with E-state index in [9.17, 15) is 4.79 Å². The van der Waals surface area contributed by atoms with Gasteiger partial charge < -0.3 is 10.7 Å². The van der Waals surface area contributed by atoms with E-state index in [4.69, 9.17) is 5.84 Å². The lowest BCUT2D eigenvalue weighted by molar-refractivity contribution is 0.0714. The summed E-state index contributed by atoms with van der Waals surface area (Å²) < 4.78 is 0. The number of carbonyl (C=O) groups is 1. The second-order valence-electron chi connectivity index (χ2n) is 7.77. The number of carbonyl (C=O) groups excluding carboxylic acids is 1. The number of anilines is 1. The average molecular weight is 289 g/mol. The van der Waals surface area contributed by atoms with Gasteiger partial charge in [-0.15, -0.1) is 0 Å². The number of hydrazine groups is 1. The lowest BCUT2D eigenvalue weighted by atomic mass is 9.63. The molecule has 1 aromatic rings. The molecule has 0 aromatic heterocycles. The van der Waals surface area contributed by atoms with Gasteiger partial charge in [0.15, 0.2) is 0 Å². The number of nitrogens with one attached hydrogen (secondary N) is 2. The van der Waals surface area contributed by atoms with Crippen molar-refractivity contribution in [1.82, 2.24) is 5.32 Å². The van der Waals surface area contributed by atoms with Crippen LogP contribution in [-0.4, -0.2) is 11.9 Å². The summed E-state index contributed by atoms with van der Waals surface area (Å²) in [7, 11) is 0. The molecular formula is C17H27N3O. The van der Waals surface area contributed by atoms with E-state index in [-0.39, 0.29) is 22.8 Å². The van der Waals surface area contributed by atoms with Gasteiger partial charge in [-0.2, -0.15) is 0 Å². The summed E-state index contributed by atoms with van der Waals surface area (Å²) in [6.45, 7) is 9.12. The van der Waals surface area contributed by atoms with Gasteiger partial charge in [-0.1, -0.05) is 39.8 Å². The summed E-state index contributed by atoms with van der Waals surface area (Å²) >= 11 is 0. The van der Waals surface area contributed by atoms with Crippen LogP contribution in [0.15, 0.2) is 24.3 Å². The van der Waals surface area contributed by atoms with Crippen LogP contribution in [0.1, 0.15) is 57.3 Å². The fourth-order valence-corrected chi connectivity index (χ4v) is 4.02. The third-order valence-corrected chi connectivity index (χ3v) is 4.22. The Labute approximate surface area is 127 Å². The molecule has 4 nitrogen and oxygen atoms in total. The lowest BCUT2D eigenvalue weighted by Crippen LogP contribution is -2.46. The first-order valence-electron chi connectivity index (χ1n) is 7.59. The Bertz CT molecular complexity index is 507. The number of nitrogens with two attached hydrogens (primary N) is 1. The van der Waals surface area contributed by atoms with Gasteiger partial charge in [0, 0.05) is 6.04 Å². The third-order valence-electron chi connectivity index (χ3n) is 4.22. The van der Waals surface area contributed by atoms with E-state index in [1.807, 2.05) is 18.2 Å². The Hall–Kier alpha value is -1.55. The largest absolute Gasteiger partial charge is 0.349 e. The number of nitrogen functional groups attached to an aromatic ring is 1. The maximum atomic E-state index is 12.5. The van der Waals surface area contributed by atoms with E-state index in [1.54, 1.807) is 6.07 Å². The molecule has 21 heavy (non-hydrogen) atoms. The van der Waals surface area contributed by atoms with Gasteiger partial charge in [-0.3, -0.25) is 10.6 Å². The van der Waals surface area contributed by atoms with Crippen molar-refractivity contribution >= 4 is 11.6 Å². The van der Waals surface area contributed by atoms with Crippen molar-refractivity contribution in [3.63, 3.8) is 0 Å².